The summed E-state index contributed by atoms with van der Waals surface area (Å²) in [5.41, 5.74) is 3.21. The van der Waals surface area contributed by atoms with Gasteiger partial charge in [0.25, 0.3) is 5.91 Å². The second kappa shape index (κ2) is 9.90. The van der Waals surface area contributed by atoms with Crippen LogP contribution in [-0.4, -0.2) is 34.4 Å². The van der Waals surface area contributed by atoms with Crippen LogP contribution >= 0.6 is 0 Å². The molecule has 1 N–H and O–H groups in total. The summed E-state index contributed by atoms with van der Waals surface area (Å²) in [6.07, 6.45) is 5.06. The van der Waals surface area contributed by atoms with Crippen LogP contribution in [0, 0.1) is 5.92 Å². The van der Waals surface area contributed by atoms with Crippen molar-refractivity contribution in [3.05, 3.63) is 72.6 Å². The lowest BCUT2D eigenvalue weighted by molar-refractivity contribution is -0.128. The Morgan fingerprint density at radius 1 is 1.16 bits per heavy atom. The minimum atomic E-state index is -0.533. The minimum absolute atomic E-state index is 0.0361. The normalized spacial score (nSPS) is 16.4. The van der Waals surface area contributed by atoms with Crippen LogP contribution in [0.1, 0.15) is 39.2 Å². The number of nitrogens with zero attached hydrogens (tertiary/aromatic N) is 3. The number of fused-ring (bicyclic) bond motifs is 1. The van der Waals surface area contributed by atoms with Gasteiger partial charge in [0, 0.05) is 25.0 Å². The zero-order chi connectivity index (χ0) is 22.5. The molecule has 0 unspecified atom stereocenters. The molecule has 6 heteroatoms. The third-order valence-electron chi connectivity index (χ3n) is 5.83. The molecule has 1 aliphatic rings. The third kappa shape index (κ3) is 5.13. The molecule has 2 heterocycles. The van der Waals surface area contributed by atoms with E-state index in [4.69, 9.17) is 4.74 Å². The standard InChI is InChI=1S/C26H32N4O2/c1-4-21(16-19(2)3)28-26(31)25-18-29(23-8-5-6-9-24(23)32-25)17-20-10-12-22(13-11-20)30-15-7-14-27-30/h5-15,19,21,25H,4,16-18H2,1-3H3,(H,28,31)/t21-,25+/m1/s1. The van der Waals surface area contributed by atoms with E-state index in [2.05, 4.69) is 66.4 Å². The summed E-state index contributed by atoms with van der Waals surface area (Å²) in [5, 5.41) is 7.49. The van der Waals surface area contributed by atoms with Crippen LogP contribution < -0.4 is 15.0 Å². The number of rotatable bonds is 8. The number of anilines is 1. The van der Waals surface area contributed by atoms with Gasteiger partial charge in [0.15, 0.2) is 6.10 Å². The number of hydrogen-bond donors (Lipinski definition) is 1. The lowest BCUT2D eigenvalue weighted by atomic mass is 10.0. The Morgan fingerprint density at radius 2 is 1.94 bits per heavy atom. The van der Waals surface area contributed by atoms with Gasteiger partial charge < -0.3 is 15.0 Å². The Morgan fingerprint density at radius 3 is 2.62 bits per heavy atom. The van der Waals surface area contributed by atoms with Crippen LogP contribution in [0.3, 0.4) is 0 Å². The number of para-hydroxylation sites is 2. The highest BCUT2D eigenvalue weighted by Crippen LogP contribution is 2.34. The maximum atomic E-state index is 13.1. The molecule has 6 nitrogen and oxygen atoms in total. The van der Waals surface area contributed by atoms with Crippen LogP contribution in [0.4, 0.5) is 5.69 Å². The zero-order valence-electron chi connectivity index (χ0n) is 19.1. The number of carbonyl (C=O) groups excluding carboxylic acids is 1. The van der Waals surface area contributed by atoms with Crippen molar-refractivity contribution in [2.24, 2.45) is 5.92 Å². The van der Waals surface area contributed by atoms with E-state index in [1.54, 1.807) is 6.20 Å². The highest BCUT2D eigenvalue weighted by Gasteiger charge is 2.31. The average molecular weight is 433 g/mol. The topological polar surface area (TPSA) is 59.4 Å². The van der Waals surface area contributed by atoms with Gasteiger partial charge in [-0.3, -0.25) is 4.79 Å². The largest absolute Gasteiger partial charge is 0.477 e. The van der Waals surface area contributed by atoms with Crippen molar-refractivity contribution in [2.75, 3.05) is 11.4 Å². The number of ether oxygens (including phenoxy) is 1. The van der Waals surface area contributed by atoms with Gasteiger partial charge in [-0.05, 0) is 54.7 Å². The van der Waals surface area contributed by atoms with Crippen molar-refractivity contribution < 1.29 is 9.53 Å². The second-order valence-corrected chi connectivity index (χ2v) is 8.82. The smallest absolute Gasteiger partial charge is 0.263 e. The van der Waals surface area contributed by atoms with E-state index in [0.717, 1.165) is 30.0 Å². The first kappa shape index (κ1) is 21.9. The van der Waals surface area contributed by atoms with Gasteiger partial charge in [0.1, 0.15) is 5.75 Å². The lowest BCUT2D eigenvalue weighted by Gasteiger charge is -2.36. The number of aromatic nitrogens is 2. The highest BCUT2D eigenvalue weighted by atomic mass is 16.5. The van der Waals surface area contributed by atoms with Crippen molar-refractivity contribution in [3.8, 4) is 11.4 Å². The molecule has 4 rings (SSSR count). The van der Waals surface area contributed by atoms with E-state index in [-0.39, 0.29) is 11.9 Å². The number of amides is 1. The van der Waals surface area contributed by atoms with Gasteiger partial charge in [0.05, 0.1) is 17.9 Å². The average Bonchev–Trinajstić information content (AvgIpc) is 3.33. The van der Waals surface area contributed by atoms with Crippen molar-refractivity contribution in [2.45, 2.75) is 52.3 Å². The molecule has 2 atom stereocenters. The number of carbonyl (C=O) groups is 1. The summed E-state index contributed by atoms with van der Waals surface area (Å²) >= 11 is 0. The molecule has 168 valence electrons. The van der Waals surface area contributed by atoms with Crippen molar-refractivity contribution in [3.63, 3.8) is 0 Å². The van der Waals surface area contributed by atoms with Gasteiger partial charge >= 0.3 is 0 Å². The first-order valence-corrected chi connectivity index (χ1v) is 11.4. The molecular formula is C26H32N4O2. The van der Waals surface area contributed by atoms with E-state index < -0.39 is 6.10 Å². The fourth-order valence-electron chi connectivity index (χ4n) is 4.18. The molecule has 0 saturated carbocycles. The molecule has 0 spiro atoms. The molecule has 0 fully saturated rings. The Bertz CT molecular complexity index is 1010. The number of benzene rings is 2. The van der Waals surface area contributed by atoms with Crippen LogP contribution in [-0.2, 0) is 11.3 Å². The van der Waals surface area contributed by atoms with Crippen LogP contribution in [0.5, 0.6) is 5.75 Å². The van der Waals surface area contributed by atoms with Gasteiger partial charge in [-0.25, -0.2) is 4.68 Å². The Balaban J connectivity index is 1.49. The van der Waals surface area contributed by atoms with Gasteiger partial charge in [-0.15, -0.1) is 0 Å². The maximum absolute atomic E-state index is 13.1. The van der Waals surface area contributed by atoms with Crippen molar-refractivity contribution in [1.82, 2.24) is 15.1 Å². The lowest BCUT2D eigenvalue weighted by Crippen LogP contribution is -2.51. The van der Waals surface area contributed by atoms with Gasteiger partial charge in [0.2, 0.25) is 0 Å². The SMILES string of the molecule is CC[C@H](CC(C)C)NC(=O)[C@@H]1CN(Cc2ccc(-n3cccn3)cc2)c2ccccc2O1. The van der Waals surface area contributed by atoms with Crippen LogP contribution in [0.15, 0.2) is 67.0 Å². The molecule has 0 saturated heterocycles. The Labute approximate surface area is 190 Å². The maximum Gasteiger partial charge on any atom is 0.263 e. The Kier molecular flexibility index (Phi) is 6.78. The summed E-state index contributed by atoms with van der Waals surface area (Å²) in [5.74, 6) is 1.25. The molecule has 0 radical (unpaired) electrons. The van der Waals surface area contributed by atoms with Crippen LogP contribution in [0.2, 0.25) is 0 Å². The third-order valence-corrected chi connectivity index (χ3v) is 5.83. The van der Waals surface area contributed by atoms with Gasteiger partial charge in [-0.1, -0.05) is 45.0 Å². The van der Waals surface area contributed by atoms with Crippen molar-refractivity contribution in [1.29, 1.82) is 0 Å². The molecule has 0 aliphatic carbocycles. The van der Waals surface area contributed by atoms with Crippen LogP contribution in [0.25, 0.3) is 5.69 Å². The predicted octanol–water partition coefficient (Wildman–Crippen LogP) is 4.58. The van der Waals surface area contributed by atoms with E-state index in [1.165, 1.54) is 5.56 Å². The molecule has 2 aromatic carbocycles. The fourth-order valence-corrected chi connectivity index (χ4v) is 4.18. The molecule has 3 aromatic rings. The number of nitrogens with one attached hydrogen (secondary N) is 1. The summed E-state index contributed by atoms with van der Waals surface area (Å²) in [4.78, 5) is 15.3. The predicted molar refractivity (Wildman–Crippen MR) is 127 cm³/mol. The zero-order valence-corrected chi connectivity index (χ0v) is 19.1. The summed E-state index contributed by atoms with van der Waals surface area (Å²) in [7, 11) is 0. The molecule has 32 heavy (non-hydrogen) atoms. The first-order chi connectivity index (χ1) is 15.5. The molecule has 0 bridgehead atoms. The first-order valence-electron chi connectivity index (χ1n) is 11.4. The second-order valence-electron chi connectivity index (χ2n) is 8.82. The van der Waals surface area contributed by atoms with E-state index in [0.29, 0.717) is 19.0 Å². The highest BCUT2D eigenvalue weighted by molar-refractivity contribution is 5.83. The van der Waals surface area contributed by atoms with Crippen molar-refractivity contribution >= 4 is 11.6 Å². The fraction of sp³-hybridized carbons (Fsp3) is 0.385. The van der Waals surface area contributed by atoms with E-state index in [1.807, 2.05) is 35.1 Å². The molecule has 1 amide bonds. The molecular weight excluding hydrogens is 400 g/mol. The van der Waals surface area contributed by atoms with Gasteiger partial charge in [-0.2, -0.15) is 5.10 Å². The van der Waals surface area contributed by atoms with E-state index >= 15 is 0 Å². The summed E-state index contributed by atoms with van der Waals surface area (Å²) in [6.45, 7) is 7.70. The monoisotopic (exact) mass is 432 g/mol. The molecule has 1 aromatic heterocycles. The summed E-state index contributed by atoms with van der Waals surface area (Å²) < 4.78 is 7.96. The molecule has 1 aliphatic heterocycles. The number of hydrogen-bond acceptors (Lipinski definition) is 4. The van der Waals surface area contributed by atoms with E-state index in [9.17, 15) is 4.79 Å². The summed E-state index contributed by atoms with van der Waals surface area (Å²) in [6, 6.07) is 18.4. The quantitative estimate of drug-likeness (QED) is 0.566. The Hall–Kier alpha value is -3.28. The minimum Gasteiger partial charge on any atom is -0.477 e.